The Labute approximate surface area is 250 Å². The lowest BCUT2D eigenvalue weighted by atomic mass is 9.67. The molecular formula is C38H44N4+2. The molecule has 2 heterocycles. The number of rotatable bonds is 5. The number of aryl methyl sites for hydroxylation is 2. The predicted octanol–water partition coefficient (Wildman–Crippen LogP) is 7.33. The van der Waals surface area contributed by atoms with Gasteiger partial charge in [0, 0.05) is 23.7 Å². The number of hydrogen-bond donors (Lipinski definition) is 0. The van der Waals surface area contributed by atoms with Crippen molar-refractivity contribution in [1.82, 2.24) is 9.13 Å². The molecule has 2 aromatic carbocycles. The highest BCUT2D eigenvalue weighted by Gasteiger charge is 2.50. The smallest absolute Gasteiger partial charge is 0.229 e. The van der Waals surface area contributed by atoms with Crippen molar-refractivity contribution in [2.75, 3.05) is 0 Å². The number of hydrogen-bond acceptors (Lipinski definition) is 0. The molecule has 4 fully saturated rings. The van der Waals surface area contributed by atoms with Gasteiger partial charge in [-0.2, -0.15) is 9.13 Å². The van der Waals surface area contributed by atoms with Crippen LogP contribution in [0.25, 0.3) is 11.4 Å². The summed E-state index contributed by atoms with van der Waals surface area (Å²) in [5.74, 6) is 6.69. The van der Waals surface area contributed by atoms with E-state index in [-0.39, 0.29) is 0 Å². The summed E-state index contributed by atoms with van der Waals surface area (Å²) in [6, 6.07) is 22.5. The minimum Gasteiger partial charge on any atom is -0.229 e. The summed E-state index contributed by atoms with van der Waals surface area (Å²) in [4.78, 5) is 0. The highest BCUT2D eigenvalue weighted by Crippen LogP contribution is 2.57. The molecule has 0 N–H and O–H groups in total. The van der Waals surface area contributed by atoms with Gasteiger partial charge in [-0.1, -0.05) is 36.4 Å². The summed E-state index contributed by atoms with van der Waals surface area (Å²) in [6.45, 7) is 2.14. The zero-order valence-corrected chi connectivity index (χ0v) is 24.8. The number of para-hydroxylation sites is 2. The van der Waals surface area contributed by atoms with Gasteiger partial charge in [0.15, 0.2) is 11.4 Å². The highest BCUT2D eigenvalue weighted by molar-refractivity contribution is 5.39. The van der Waals surface area contributed by atoms with E-state index >= 15 is 0 Å². The van der Waals surface area contributed by atoms with Gasteiger partial charge >= 0.3 is 0 Å². The largest absolute Gasteiger partial charge is 0.249 e. The molecule has 8 aliphatic carbocycles. The summed E-state index contributed by atoms with van der Waals surface area (Å²) in [7, 11) is 0. The first-order valence-corrected chi connectivity index (χ1v) is 17.1. The van der Waals surface area contributed by atoms with Gasteiger partial charge in [-0.15, -0.1) is 0 Å². The van der Waals surface area contributed by atoms with E-state index in [0.29, 0.717) is 0 Å². The van der Waals surface area contributed by atoms with Crippen molar-refractivity contribution in [3.05, 3.63) is 96.1 Å². The van der Waals surface area contributed by atoms with Crippen molar-refractivity contribution in [2.45, 2.75) is 101 Å². The monoisotopic (exact) mass is 556 g/mol. The number of imidazole rings is 2. The molecule has 4 saturated carbocycles. The van der Waals surface area contributed by atoms with Crippen LogP contribution < -0.4 is 9.13 Å². The third-order valence-corrected chi connectivity index (χ3v) is 12.6. The Morgan fingerprint density at radius 1 is 0.452 bits per heavy atom. The Bertz CT molecular complexity index is 1500. The lowest BCUT2D eigenvalue weighted by molar-refractivity contribution is -0.785. The maximum Gasteiger partial charge on any atom is 0.249 e. The molecule has 0 radical (unpaired) electrons. The zero-order chi connectivity index (χ0) is 27.4. The average molecular weight is 557 g/mol. The van der Waals surface area contributed by atoms with E-state index in [0.717, 1.165) is 60.4 Å². The summed E-state index contributed by atoms with van der Waals surface area (Å²) < 4.78 is 10.7. The molecule has 0 aliphatic heterocycles. The second-order valence-corrected chi connectivity index (χ2v) is 15.2. The Morgan fingerprint density at radius 2 is 0.810 bits per heavy atom. The Morgan fingerprint density at radius 3 is 1.19 bits per heavy atom. The first-order valence-electron chi connectivity index (χ1n) is 17.1. The Hall–Kier alpha value is -3.14. The molecule has 0 saturated heterocycles. The third-order valence-electron chi connectivity index (χ3n) is 12.6. The molecule has 8 bridgehead atoms. The van der Waals surface area contributed by atoms with Gasteiger partial charge in [-0.05, 0) is 112 Å². The maximum absolute atomic E-state index is 2.73. The fraction of sp³-hybridized carbons (Fsp3) is 0.526. The number of benzene rings is 2. The molecule has 42 heavy (non-hydrogen) atoms. The van der Waals surface area contributed by atoms with Gasteiger partial charge < -0.3 is 0 Å². The van der Waals surface area contributed by atoms with E-state index in [2.05, 4.69) is 91.6 Å². The van der Waals surface area contributed by atoms with Gasteiger partial charge in [-0.3, -0.25) is 0 Å². The Balaban J connectivity index is 1.08. The summed E-state index contributed by atoms with van der Waals surface area (Å²) >= 11 is 0. The maximum atomic E-state index is 2.73. The summed E-state index contributed by atoms with van der Waals surface area (Å²) in [6.07, 6.45) is 19.3. The molecule has 4 atom stereocenters. The summed E-state index contributed by atoms with van der Waals surface area (Å²) in [5, 5.41) is 0. The predicted molar refractivity (Wildman–Crippen MR) is 163 cm³/mol. The topological polar surface area (TPSA) is 17.6 Å². The van der Waals surface area contributed by atoms with E-state index < -0.39 is 0 Å². The van der Waals surface area contributed by atoms with Gasteiger partial charge in [0.25, 0.3) is 0 Å². The van der Waals surface area contributed by atoms with E-state index in [9.17, 15) is 0 Å². The van der Waals surface area contributed by atoms with Crippen molar-refractivity contribution in [1.29, 1.82) is 0 Å². The van der Waals surface area contributed by atoms with Crippen molar-refractivity contribution in [2.24, 2.45) is 23.7 Å². The molecule has 8 aliphatic rings. The number of aromatic nitrogens is 4. The summed E-state index contributed by atoms with van der Waals surface area (Å²) in [5.41, 5.74) is 9.41. The van der Waals surface area contributed by atoms with Crippen LogP contribution in [0.2, 0.25) is 0 Å². The standard InChI is InChI=1S/C38H44N4/c1-3-7-33(8-4-1)41-23-39(35-29-15-25-13-26(16-29)20-31(19-25)37(35)41)11-12-40-24-42(34-9-5-2-6-10-34)38-32-21-27-14-28(22-32)18-30(17-27)36(38)40/h1-10,23-32H,11-22H2/q+2. The van der Waals surface area contributed by atoms with E-state index in [4.69, 9.17) is 0 Å². The fourth-order valence-electron chi connectivity index (χ4n) is 11.5. The van der Waals surface area contributed by atoms with Gasteiger partial charge in [0.1, 0.15) is 35.9 Å². The molecule has 4 heteroatoms. The first kappa shape index (κ1) is 24.3. The van der Waals surface area contributed by atoms with E-state index in [1.165, 1.54) is 75.6 Å². The van der Waals surface area contributed by atoms with Gasteiger partial charge in [0.05, 0.1) is 0 Å². The van der Waals surface area contributed by atoms with Crippen LogP contribution in [0.4, 0.5) is 0 Å². The van der Waals surface area contributed by atoms with Crippen LogP contribution in [0.5, 0.6) is 0 Å². The van der Waals surface area contributed by atoms with Crippen LogP contribution >= 0.6 is 0 Å². The molecule has 4 unspecified atom stereocenters. The van der Waals surface area contributed by atoms with E-state index in [1.807, 2.05) is 0 Å². The average Bonchev–Trinajstić information content (AvgIpc) is 3.48. The van der Waals surface area contributed by atoms with Crippen molar-refractivity contribution >= 4 is 0 Å². The second-order valence-electron chi connectivity index (χ2n) is 15.2. The van der Waals surface area contributed by atoms with Crippen LogP contribution in [0.1, 0.15) is 111 Å². The van der Waals surface area contributed by atoms with E-state index in [1.54, 1.807) is 22.8 Å². The second kappa shape index (κ2) is 9.18. The quantitative estimate of drug-likeness (QED) is 0.229. The molecule has 4 aromatic rings. The Kier molecular flexibility index (Phi) is 5.31. The SMILES string of the molecule is c1ccc(-n2c[n+](CC[n+]3cn(-c4ccccc4)c4c3C3CC5CC(CC4C5)C3)c3c2C2CC4CC(C2)CC3C4)cc1. The number of nitrogens with zero attached hydrogens (tertiary/aromatic N) is 4. The minimum atomic E-state index is 0.728. The highest BCUT2D eigenvalue weighted by atomic mass is 15.2. The normalized spacial score (nSPS) is 33.4. The molecule has 2 aromatic heterocycles. The van der Waals surface area contributed by atoms with Crippen molar-refractivity contribution in [3.63, 3.8) is 0 Å². The molecule has 0 amide bonds. The van der Waals surface area contributed by atoms with Crippen LogP contribution in [-0.2, 0) is 13.1 Å². The fourth-order valence-corrected chi connectivity index (χ4v) is 11.5. The third kappa shape index (κ3) is 3.66. The first-order chi connectivity index (χ1) is 20.7. The molecular weight excluding hydrogens is 512 g/mol. The molecule has 0 spiro atoms. The lowest BCUT2D eigenvalue weighted by Gasteiger charge is -2.38. The molecule has 12 rings (SSSR count). The van der Waals surface area contributed by atoms with Crippen LogP contribution in [0.3, 0.4) is 0 Å². The van der Waals surface area contributed by atoms with Crippen LogP contribution in [0, 0.1) is 23.7 Å². The van der Waals surface area contributed by atoms with Crippen LogP contribution in [0.15, 0.2) is 73.3 Å². The van der Waals surface area contributed by atoms with Crippen LogP contribution in [-0.4, -0.2) is 9.13 Å². The van der Waals surface area contributed by atoms with Crippen molar-refractivity contribution < 1.29 is 9.13 Å². The van der Waals surface area contributed by atoms with Gasteiger partial charge in [0.2, 0.25) is 12.7 Å². The molecule has 214 valence electrons. The van der Waals surface area contributed by atoms with Gasteiger partial charge in [-0.25, -0.2) is 9.13 Å². The lowest BCUT2D eigenvalue weighted by Crippen LogP contribution is -2.48. The van der Waals surface area contributed by atoms with Crippen molar-refractivity contribution in [3.8, 4) is 11.4 Å². The molecule has 4 nitrogen and oxygen atoms in total. The minimum absolute atomic E-state index is 0.728. The zero-order valence-electron chi connectivity index (χ0n) is 24.8.